The van der Waals surface area contributed by atoms with Crippen LogP contribution < -0.4 is 58.9 Å². The summed E-state index contributed by atoms with van der Waals surface area (Å²) in [5.74, 6) is -2.86. The molecule has 12 N–H and O–H groups in total. The van der Waals surface area contributed by atoms with E-state index in [4.69, 9.17) is 75.2 Å². The number of halogens is 1. The lowest BCUT2D eigenvalue weighted by Crippen LogP contribution is -2.43. The van der Waals surface area contributed by atoms with Gasteiger partial charge in [0.25, 0.3) is 17.7 Å². The van der Waals surface area contributed by atoms with Crippen LogP contribution in [0.15, 0.2) is 96.4 Å². The van der Waals surface area contributed by atoms with E-state index in [0.29, 0.717) is 130 Å². The number of nitrogens with zero attached hydrogens (tertiary/aromatic N) is 7. The first-order chi connectivity index (χ1) is 53.7. The van der Waals surface area contributed by atoms with E-state index >= 15 is 0 Å². The van der Waals surface area contributed by atoms with Crippen molar-refractivity contribution in [1.82, 2.24) is 39.6 Å². The summed E-state index contributed by atoms with van der Waals surface area (Å²) < 4.78 is 64.8. The maximum Gasteiger partial charge on any atom is 0.291 e. The van der Waals surface area contributed by atoms with Gasteiger partial charge in [0, 0.05) is 107 Å². The third-order valence-corrected chi connectivity index (χ3v) is 16.6. The number of benzene rings is 3. The van der Waals surface area contributed by atoms with Crippen LogP contribution in [0, 0.1) is 0 Å². The van der Waals surface area contributed by atoms with Crippen LogP contribution in [-0.4, -0.2) is 254 Å². The Hall–Kier alpha value is -9.96. The van der Waals surface area contributed by atoms with Crippen molar-refractivity contribution >= 4 is 99.2 Å². The second-order valence-corrected chi connectivity index (χ2v) is 25.5. The van der Waals surface area contributed by atoms with E-state index in [-0.39, 0.29) is 136 Å². The molecule has 3 aromatic carbocycles. The molecule has 0 unspecified atom stereocenters. The van der Waals surface area contributed by atoms with Crippen molar-refractivity contribution in [1.29, 1.82) is 0 Å². The molecule has 8 amide bonds. The highest BCUT2D eigenvalue weighted by atomic mass is 35.5. The van der Waals surface area contributed by atoms with Crippen LogP contribution >= 0.6 is 11.6 Å². The molecular formula is C74H104ClN17O19. The molecule has 0 spiro atoms. The third-order valence-electron chi connectivity index (χ3n) is 16.3. The van der Waals surface area contributed by atoms with Gasteiger partial charge in [-0.15, -0.1) is 0 Å². The molecule has 3 aromatic heterocycles. The summed E-state index contributed by atoms with van der Waals surface area (Å²) >= 11 is 6.14. The zero-order valence-electron chi connectivity index (χ0n) is 63.4. The van der Waals surface area contributed by atoms with Gasteiger partial charge in [-0.05, 0) is 84.6 Å². The molecule has 0 radical (unpaired) electrons. The summed E-state index contributed by atoms with van der Waals surface area (Å²) in [4.78, 5) is 116. The van der Waals surface area contributed by atoms with Crippen molar-refractivity contribution < 1.29 is 90.5 Å². The lowest BCUT2D eigenvalue weighted by Gasteiger charge is -2.39. The minimum Gasteiger partial charge on any atom is -0.379 e. The number of carbonyl (C=O) groups is 8. The molecule has 4 heterocycles. The van der Waals surface area contributed by atoms with E-state index in [1.165, 1.54) is 38.4 Å². The van der Waals surface area contributed by atoms with Crippen molar-refractivity contribution in [3.63, 3.8) is 0 Å². The highest BCUT2D eigenvalue weighted by molar-refractivity contribution is 6.30. The van der Waals surface area contributed by atoms with Crippen LogP contribution in [0.3, 0.4) is 0 Å². The van der Waals surface area contributed by atoms with E-state index < -0.39 is 35.4 Å². The molecule has 606 valence electrons. The van der Waals surface area contributed by atoms with Gasteiger partial charge in [0.05, 0.1) is 163 Å². The van der Waals surface area contributed by atoms with E-state index in [1.807, 2.05) is 65.6 Å². The van der Waals surface area contributed by atoms with Gasteiger partial charge in [0.1, 0.15) is 12.3 Å². The van der Waals surface area contributed by atoms with Gasteiger partial charge in [-0.1, -0.05) is 29.8 Å². The SMILES string of the molecule is CC(=O)N1c2ccc(-c3ccc(NC(=O)CCOCCOCCOCCOCCOCCOCCOCCOCCNC(=O)c4nc(NC(=O)CCNC(=O)c5cc(NC(=O)c6nc(NC(=O)CCNC(=O)COCCOCCOCCN=C(N)N)cn6C)cn5C)cn4C)cc3)cc2[C@H](Nc2ccc(Cl)cc2)C[C@@H]1C. The zero-order valence-corrected chi connectivity index (χ0v) is 64.2. The normalized spacial score (nSPS) is 13.1. The van der Waals surface area contributed by atoms with Crippen molar-refractivity contribution in [3.8, 4) is 11.1 Å². The largest absolute Gasteiger partial charge is 0.379 e. The van der Waals surface area contributed by atoms with Gasteiger partial charge in [-0.25, -0.2) is 9.97 Å². The first kappa shape index (κ1) is 88.3. The molecule has 7 rings (SSSR count). The van der Waals surface area contributed by atoms with Gasteiger partial charge < -0.3 is 125 Å². The Labute approximate surface area is 649 Å². The molecule has 0 saturated heterocycles. The zero-order chi connectivity index (χ0) is 79.5. The Kier molecular flexibility index (Phi) is 39.2. The lowest BCUT2D eigenvalue weighted by molar-refractivity contribution is -0.126. The number of nitrogens with two attached hydrogens (primary N) is 2. The predicted molar refractivity (Wildman–Crippen MR) is 414 cm³/mol. The van der Waals surface area contributed by atoms with Crippen LogP contribution in [-0.2, 0) is 97.2 Å². The second-order valence-electron chi connectivity index (χ2n) is 25.1. The van der Waals surface area contributed by atoms with Crippen LogP contribution in [0.1, 0.15) is 82.9 Å². The van der Waals surface area contributed by atoms with Gasteiger partial charge in [-0.3, -0.25) is 43.3 Å². The van der Waals surface area contributed by atoms with E-state index in [1.54, 1.807) is 28.1 Å². The monoisotopic (exact) mass is 1570 g/mol. The Balaban J connectivity index is 0.608. The molecule has 0 saturated carbocycles. The molecule has 0 fully saturated rings. The standard InChI is InChI=1S/C74H104ClN17O19/c1-51-44-60(82-56-13-9-55(75)10-14-56)59-45-54(8-15-61(59)92(51)52(2)93)53-6-11-57(12-7-53)83-67(96)18-23-101-26-29-104-32-34-106-36-38-108-40-41-109-39-37-107-35-33-105-30-27-102-24-21-80-72(99)69-87-63(48-90(69)4)85-66(95)17-20-79-71(98)62-46-58(47-89(62)3)84-73(100)70-88-64(49-91(70)5)86-65(94)16-19-78-68(97)50-111-43-42-110-31-28-103-25-22-81-74(76)77/h6-15,45-49,51,60,82H,16-44,50H2,1-5H3,(H,78,97)(H,79,98)(H,80,99)(H,83,96)(H,84,100)(H,85,95)(H,86,94)(H4,76,77,81)/t51-,60+/m0/s1. The Morgan fingerprint density at radius 3 is 1.48 bits per heavy atom. The fourth-order valence-corrected chi connectivity index (χ4v) is 11.1. The van der Waals surface area contributed by atoms with E-state index in [9.17, 15) is 38.4 Å². The summed E-state index contributed by atoms with van der Waals surface area (Å²) in [5.41, 5.74) is 16.5. The maximum absolute atomic E-state index is 13.2. The number of aliphatic imine (C=N–C) groups is 1. The average Bonchev–Trinajstić information content (AvgIpc) is 1.58. The minimum absolute atomic E-state index is 0.00116. The van der Waals surface area contributed by atoms with Crippen molar-refractivity contribution in [2.24, 2.45) is 37.6 Å². The van der Waals surface area contributed by atoms with Crippen molar-refractivity contribution in [3.05, 3.63) is 119 Å². The van der Waals surface area contributed by atoms with Crippen LogP contribution in [0.25, 0.3) is 11.1 Å². The highest BCUT2D eigenvalue weighted by Gasteiger charge is 2.33. The number of aryl methyl sites for hydroxylation is 3. The van der Waals surface area contributed by atoms with Crippen LogP contribution in [0.5, 0.6) is 0 Å². The number of amides is 8. The number of nitrogens with one attached hydrogen (secondary N) is 8. The highest BCUT2D eigenvalue weighted by Crippen LogP contribution is 2.41. The molecule has 0 aliphatic carbocycles. The Morgan fingerprint density at radius 1 is 0.468 bits per heavy atom. The first-order valence-corrected chi connectivity index (χ1v) is 36.8. The molecule has 6 aromatic rings. The number of hydrogen-bond acceptors (Lipinski definition) is 23. The summed E-state index contributed by atoms with van der Waals surface area (Å²) in [5, 5.41) is 23.1. The number of rotatable bonds is 54. The molecule has 1 aliphatic rings. The third kappa shape index (κ3) is 32.9. The van der Waals surface area contributed by atoms with Crippen molar-refractivity contribution in [2.75, 3.05) is 203 Å². The molecule has 2 atom stereocenters. The molecule has 111 heavy (non-hydrogen) atoms. The number of hydrogen-bond donors (Lipinski definition) is 10. The summed E-state index contributed by atoms with van der Waals surface area (Å²) in [7, 11) is 4.78. The number of imidazole rings is 2. The topological polar surface area (TPSA) is 443 Å². The molecular weight excluding hydrogens is 1470 g/mol. The van der Waals surface area contributed by atoms with Crippen molar-refractivity contribution in [2.45, 2.75) is 51.6 Å². The maximum atomic E-state index is 13.2. The first-order valence-electron chi connectivity index (χ1n) is 36.4. The van der Waals surface area contributed by atoms with Gasteiger partial charge in [0.2, 0.25) is 41.2 Å². The average molecular weight is 1570 g/mol. The van der Waals surface area contributed by atoms with E-state index in [0.717, 1.165) is 34.5 Å². The summed E-state index contributed by atoms with van der Waals surface area (Å²) in [6.45, 7) is 11.2. The van der Waals surface area contributed by atoms with Gasteiger partial charge in [-0.2, -0.15) is 0 Å². The van der Waals surface area contributed by atoms with E-state index in [2.05, 4.69) is 70.5 Å². The summed E-state index contributed by atoms with van der Waals surface area (Å²) in [6, 6.07) is 22.9. The lowest BCUT2D eigenvalue weighted by atomic mass is 9.89. The molecule has 1 aliphatic heterocycles. The second kappa shape index (κ2) is 49.3. The number of aromatic nitrogens is 5. The number of ether oxygens (including phenoxy) is 11. The smallest absolute Gasteiger partial charge is 0.291 e. The predicted octanol–water partition coefficient (Wildman–Crippen LogP) is 3.78. The Morgan fingerprint density at radius 2 is 0.937 bits per heavy atom. The molecule has 36 nitrogen and oxygen atoms in total. The summed E-state index contributed by atoms with van der Waals surface area (Å²) in [6.07, 6.45) is 5.19. The number of anilines is 6. The Bertz CT molecular complexity index is 3930. The van der Waals surface area contributed by atoms with Crippen LogP contribution in [0.4, 0.5) is 34.4 Å². The fraction of sp³-hybridized carbons (Fsp3) is 0.500. The molecule has 37 heteroatoms. The van der Waals surface area contributed by atoms with Gasteiger partial charge in [0.15, 0.2) is 17.6 Å². The number of carbonyl (C=O) groups excluding carboxylic acids is 8. The minimum atomic E-state index is -0.622. The number of fused-ring (bicyclic) bond motifs is 1. The molecule has 0 bridgehead atoms. The fourth-order valence-electron chi connectivity index (χ4n) is 11.0. The number of guanidine groups is 1. The quantitative estimate of drug-likeness (QED) is 0.0147. The van der Waals surface area contributed by atoms with Gasteiger partial charge >= 0.3 is 0 Å². The van der Waals surface area contributed by atoms with Crippen LogP contribution in [0.2, 0.25) is 5.02 Å².